The summed E-state index contributed by atoms with van der Waals surface area (Å²) in [5, 5.41) is 0. The van der Waals surface area contributed by atoms with Crippen molar-refractivity contribution < 1.29 is 8.95 Å². The highest BCUT2D eigenvalue weighted by Gasteiger charge is 2.16. The Morgan fingerprint density at radius 1 is 1.28 bits per heavy atom. The SMILES string of the molecule is CC(C)Oc1cc(N)cc(N2CCS(=O)CC2)c1. The van der Waals surface area contributed by atoms with Gasteiger partial charge in [-0.3, -0.25) is 4.21 Å². The van der Waals surface area contributed by atoms with Crippen molar-refractivity contribution in [3.8, 4) is 5.75 Å². The molecule has 0 saturated carbocycles. The van der Waals surface area contributed by atoms with Crippen LogP contribution in [-0.4, -0.2) is 34.9 Å². The van der Waals surface area contributed by atoms with Gasteiger partial charge in [-0.1, -0.05) is 0 Å². The molecule has 0 aromatic heterocycles. The van der Waals surface area contributed by atoms with Crippen molar-refractivity contribution in [3.05, 3.63) is 18.2 Å². The molecule has 100 valence electrons. The van der Waals surface area contributed by atoms with E-state index in [1.807, 2.05) is 32.0 Å². The molecule has 4 nitrogen and oxygen atoms in total. The number of hydrogen-bond donors (Lipinski definition) is 1. The molecule has 1 fully saturated rings. The largest absolute Gasteiger partial charge is 0.491 e. The minimum Gasteiger partial charge on any atom is -0.491 e. The van der Waals surface area contributed by atoms with Crippen LogP contribution in [0.5, 0.6) is 5.75 Å². The number of rotatable bonds is 3. The van der Waals surface area contributed by atoms with Gasteiger partial charge in [0.2, 0.25) is 0 Å². The molecule has 0 unspecified atom stereocenters. The second-order valence-corrected chi connectivity index (χ2v) is 6.46. The van der Waals surface area contributed by atoms with E-state index in [4.69, 9.17) is 10.5 Å². The van der Waals surface area contributed by atoms with Gasteiger partial charge in [-0.25, -0.2) is 0 Å². The maximum absolute atomic E-state index is 11.4. The molecule has 5 heteroatoms. The molecular formula is C13H20N2O2S. The number of anilines is 2. The Morgan fingerprint density at radius 2 is 1.94 bits per heavy atom. The molecule has 1 heterocycles. The van der Waals surface area contributed by atoms with Gasteiger partial charge in [-0.2, -0.15) is 0 Å². The Bertz CT molecular complexity index is 439. The molecule has 1 aliphatic rings. The zero-order valence-corrected chi connectivity index (χ0v) is 11.7. The van der Waals surface area contributed by atoms with Crippen molar-refractivity contribution >= 4 is 22.2 Å². The maximum atomic E-state index is 11.4. The zero-order valence-electron chi connectivity index (χ0n) is 10.9. The summed E-state index contributed by atoms with van der Waals surface area (Å²) in [7, 11) is -0.659. The van der Waals surface area contributed by atoms with Crippen molar-refractivity contribution in [3.63, 3.8) is 0 Å². The molecule has 1 aromatic rings. The minimum absolute atomic E-state index is 0.133. The lowest BCUT2D eigenvalue weighted by Gasteiger charge is -2.29. The average Bonchev–Trinajstić information content (AvgIpc) is 2.28. The van der Waals surface area contributed by atoms with E-state index < -0.39 is 10.8 Å². The summed E-state index contributed by atoms with van der Waals surface area (Å²) in [6, 6.07) is 5.79. The van der Waals surface area contributed by atoms with E-state index in [0.29, 0.717) is 5.69 Å². The molecule has 2 N–H and O–H groups in total. The third kappa shape index (κ3) is 3.38. The molecule has 0 aliphatic carbocycles. The van der Waals surface area contributed by atoms with Crippen molar-refractivity contribution in [1.29, 1.82) is 0 Å². The molecular weight excluding hydrogens is 248 g/mol. The highest BCUT2D eigenvalue weighted by molar-refractivity contribution is 7.85. The van der Waals surface area contributed by atoms with Crippen LogP contribution in [0.2, 0.25) is 0 Å². The van der Waals surface area contributed by atoms with Crippen LogP contribution in [0.15, 0.2) is 18.2 Å². The molecule has 1 saturated heterocycles. The summed E-state index contributed by atoms with van der Waals surface area (Å²) in [6.45, 7) is 5.62. The van der Waals surface area contributed by atoms with Crippen LogP contribution in [0.3, 0.4) is 0 Å². The Kier molecular flexibility index (Phi) is 4.11. The fraction of sp³-hybridized carbons (Fsp3) is 0.538. The number of hydrogen-bond acceptors (Lipinski definition) is 4. The van der Waals surface area contributed by atoms with Crippen LogP contribution >= 0.6 is 0 Å². The quantitative estimate of drug-likeness (QED) is 0.847. The fourth-order valence-corrected chi connectivity index (χ4v) is 3.08. The van der Waals surface area contributed by atoms with Gasteiger partial charge in [0.1, 0.15) is 5.75 Å². The molecule has 0 spiro atoms. The lowest BCUT2D eigenvalue weighted by atomic mass is 10.2. The molecule has 0 radical (unpaired) electrons. The summed E-state index contributed by atoms with van der Waals surface area (Å²) in [5.41, 5.74) is 7.66. The maximum Gasteiger partial charge on any atom is 0.123 e. The van der Waals surface area contributed by atoms with Gasteiger partial charge in [0.05, 0.1) is 6.10 Å². The predicted molar refractivity (Wildman–Crippen MR) is 76.7 cm³/mol. The topological polar surface area (TPSA) is 55.6 Å². The molecule has 1 aliphatic heterocycles. The number of nitrogens with zero attached hydrogens (tertiary/aromatic N) is 1. The summed E-state index contributed by atoms with van der Waals surface area (Å²) >= 11 is 0. The third-order valence-corrected chi connectivity index (χ3v) is 4.10. The first kappa shape index (κ1) is 13.2. The fourth-order valence-electron chi connectivity index (χ4n) is 2.02. The number of benzene rings is 1. The summed E-state index contributed by atoms with van der Waals surface area (Å²) in [5.74, 6) is 2.26. The van der Waals surface area contributed by atoms with Gasteiger partial charge in [0.25, 0.3) is 0 Å². The van der Waals surface area contributed by atoms with E-state index in [0.717, 1.165) is 36.0 Å². The van der Waals surface area contributed by atoms with E-state index in [-0.39, 0.29) is 6.10 Å². The predicted octanol–water partition coefficient (Wildman–Crippen LogP) is 1.62. The normalized spacial score (nSPS) is 17.2. The highest BCUT2D eigenvalue weighted by atomic mass is 32.2. The lowest BCUT2D eigenvalue weighted by molar-refractivity contribution is 0.242. The van der Waals surface area contributed by atoms with Gasteiger partial charge < -0.3 is 15.4 Å². The summed E-state index contributed by atoms with van der Waals surface area (Å²) in [6.07, 6.45) is 0.133. The Morgan fingerprint density at radius 3 is 2.56 bits per heavy atom. The monoisotopic (exact) mass is 268 g/mol. The van der Waals surface area contributed by atoms with Gasteiger partial charge in [0, 0.05) is 58.9 Å². The third-order valence-electron chi connectivity index (χ3n) is 2.83. The Hall–Kier alpha value is -1.23. The van der Waals surface area contributed by atoms with Crippen LogP contribution in [0.1, 0.15) is 13.8 Å². The summed E-state index contributed by atoms with van der Waals surface area (Å²) in [4.78, 5) is 2.21. The van der Waals surface area contributed by atoms with Crippen molar-refractivity contribution in [2.75, 3.05) is 35.2 Å². The first-order valence-electron chi connectivity index (χ1n) is 6.22. The van der Waals surface area contributed by atoms with Gasteiger partial charge >= 0.3 is 0 Å². The van der Waals surface area contributed by atoms with E-state index in [1.54, 1.807) is 0 Å². The first-order valence-corrected chi connectivity index (χ1v) is 7.70. The smallest absolute Gasteiger partial charge is 0.123 e. The number of nitrogen functional groups attached to an aromatic ring is 1. The molecule has 0 amide bonds. The van der Waals surface area contributed by atoms with Crippen LogP contribution in [0.25, 0.3) is 0 Å². The average molecular weight is 268 g/mol. The standard InChI is InChI=1S/C13H20N2O2S/c1-10(2)17-13-8-11(14)7-12(9-13)15-3-5-18(16)6-4-15/h7-10H,3-6,14H2,1-2H3. The van der Waals surface area contributed by atoms with Gasteiger partial charge in [0.15, 0.2) is 0 Å². The molecule has 0 atom stereocenters. The highest BCUT2D eigenvalue weighted by Crippen LogP contribution is 2.27. The van der Waals surface area contributed by atoms with E-state index in [1.165, 1.54) is 0 Å². The van der Waals surface area contributed by atoms with Crippen LogP contribution in [-0.2, 0) is 10.8 Å². The van der Waals surface area contributed by atoms with E-state index in [2.05, 4.69) is 4.90 Å². The Labute approximate surface area is 111 Å². The first-order chi connectivity index (χ1) is 8.54. The van der Waals surface area contributed by atoms with Crippen LogP contribution in [0, 0.1) is 0 Å². The van der Waals surface area contributed by atoms with Crippen molar-refractivity contribution in [2.45, 2.75) is 20.0 Å². The van der Waals surface area contributed by atoms with Crippen LogP contribution < -0.4 is 15.4 Å². The van der Waals surface area contributed by atoms with E-state index in [9.17, 15) is 4.21 Å². The minimum atomic E-state index is -0.659. The molecule has 2 rings (SSSR count). The van der Waals surface area contributed by atoms with Crippen LogP contribution in [0.4, 0.5) is 11.4 Å². The molecule has 18 heavy (non-hydrogen) atoms. The Balaban J connectivity index is 2.17. The van der Waals surface area contributed by atoms with Crippen molar-refractivity contribution in [2.24, 2.45) is 0 Å². The van der Waals surface area contributed by atoms with Gasteiger partial charge in [-0.05, 0) is 19.9 Å². The van der Waals surface area contributed by atoms with E-state index >= 15 is 0 Å². The zero-order chi connectivity index (χ0) is 13.1. The molecule has 1 aromatic carbocycles. The second kappa shape index (κ2) is 5.61. The van der Waals surface area contributed by atoms with Gasteiger partial charge in [-0.15, -0.1) is 0 Å². The number of nitrogens with two attached hydrogens (primary N) is 1. The second-order valence-electron chi connectivity index (χ2n) is 4.76. The number of ether oxygens (including phenoxy) is 1. The summed E-state index contributed by atoms with van der Waals surface area (Å²) < 4.78 is 17.0. The lowest BCUT2D eigenvalue weighted by Crippen LogP contribution is -2.37. The van der Waals surface area contributed by atoms with Crippen molar-refractivity contribution in [1.82, 2.24) is 0 Å². The molecule has 0 bridgehead atoms.